The van der Waals surface area contributed by atoms with Crippen molar-refractivity contribution in [2.24, 2.45) is 5.41 Å². The average Bonchev–Trinajstić information content (AvgIpc) is 3.40. The lowest BCUT2D eigenvalue weighted by molar-refractivity contribution is -0.0652. The van der Waals surface area contributed by atoms with Crippen molar-refractivity contribution in [1.82, 2.24) is 25.1 Å². The van der Waals surface area contributed by atoms with Crippen molar-refractivity contribution in [2.45, 2.75) is 33.4 Å². The van der Waals surface area contributed by atoms with E-state index in [1.165, 1.54) is 5.57 Å². The van der Waals surface area contributed by atoms with Crippen LogP contribution in [0.5, 0.6) is 0 Å². The Hall–Kier alpha value is -3.16. The second kappa shape index (κ2) is 7.51. The largest absolute Gasteiger partial charge is 0.378 e. The van der Waals surface area contributed by atoms with E-state index in [-0.39, 0.29) is 5.41 Å². The van der Waals surface area contributed by atoms with Gasteiger partial charge in [0.2, 0.25) is 0 Å². The molecule has 160 valence electrons. The third-order valence-electron chi connectivity index (χ3n) is 5.96. The van der Waals surface area contributed by atoms with Crippen LogP contribution >= 0.6 is 0 Å². The lowest BCUT2D eigenvalue weighted by atomic mass is 9.92. The van der Waals surface area contributed by atoms with Crippen molar-refractivity contribution in [3.8, 4) is 0 Å². The summed E-state index contributed by atoms with van der Waals surface area (Å²) >= 11 is 0. The van der Waals surface area contributed by atoms with E-state index in [0.29, 0.717) is 0 Å². The van der Waals surface area contributed by atoms with Crippen LogP contribution in [0.1, 0.15) is 32.9 Å². The van der Waals surface area contributed by atoms with Crippen molar-refractivity contribution in [2.75, 3.05) is 18.4 Å². The summed E-state index contributed by atoms with van der Waals surface area (Å²) < 4.78 is 0. The highest BCUT2D eigenvalue weighted by molar-refractivity contribution is 5.95. The van der Waals surface area contributed by atoms with Gasteiger partial charge in [0, 0.05) is 46.9 Å². The first-order valence-corrected chi connectivity index (χ1v) is 10.7. The number of anilines is 2. The highest BCUT2D eigenvalue weighted by Gasteiger charge is 2.29. The number of hydrogen-bond donors (Lipinski definition) is 4. The van der Waals surface area contributed by atoms with Crippen molar-refractivity contribution in [3.05, 3.63) is 54.5 Å². The summed E-state index contributed by atoms with van der Waals surface area (Å²) in [6.45, 7) is 7.78. The Bertz CT molecular complexity index is 1260. The number of H-pyrrole nitrogens is 2. The van der Waals surface area contributed by atoms with Crippen LogP contribution in [0.4, 0.5) is 11.4 Å². The molecule has 0 amide bonds. The molecule has 5 rings (SSSR count). The maximum Gasteiger partial charge on any atom is 0.139 e. The van der Waals surface area contributed by atoms with E-state index < -0.39 is 6.23 Å². The standard InChI is InChI=1S/C24H28N6O/c1-24(2,3)23(31)30-10-7-15(8-11-30)21-13-18-20(6-9-25-22(18)28-21)27-17-4-5-19-16(12-17)14-26-29-19/h4-7,9,12-14,23,31H,8,10-11H2,1-3H3,(H,26,29)(H2,25,27,28). The molecule has 0 spiro atoms. The number of aliphatic hydroxyl groups is 1. The van der Waals surface area contributed by atoms with Crippen LogP contribution in [-0.2, 0) is 0 Å². The van der Waals surface area contributed by atoms with Crippen LogP contribution in [-0.4, -0.2) is 49.5 Å². The Morgan fingerprint density at radius 3 is 2.84 bits per heavy atom. The Labute approximate surface area is 181 Å². The minimum absolute atomic E-state index is 0.156. The molecular formula is C24H28N6O. The quantitative estimate of drug-likeness (QED) is 0.389. The first-order chi connectivity index (χ1) is 14.9. The molecule has 0 radical (unpaired) electrons. The number of hydrogen-bond acceptors (Lipinski definition) is 5. The van der Waals surface area contributed by atoms with Crippen molar-refractivity contribution < 1.29 is 5.11 Å². The molecule has 3 aromatic heterocycles. The molecule has 4 N–H and O–H groups in total. The smallest absolute Gasteiger partial charge is 0.139 e. The number of nitrogens with zero attached hydrogens (tertiary/aromatic N) is 3. The van der Waals surface area contributed by atoms with E-state index in [0.717, 1.165) is 58.5 Å². The van der Waals surface area contributed by atoms with Crippen LogP contribution in [0.3, 0.4) is 0 Å². The molecular weight excluding hydrogens is 388 g/mol. The van der Waals surface area contributed by atoms with E-state index in [9.17, 15) is 5.11 Å². The molecule has 1 aliphatic rings. The highest BCUT2D eigenvalue weighted by Crippen LogP contribution is 2.32. The summed E-state index contributed by atoms with van der Waals surface area (Å²) in [6, 6.07) is 10.3. The maximum atomic E-state index is 10.6. The molecule has 0 fully saturated rings. The number of aromatic amines is 2. The van der Waals surface area contributed by atoms with Gasteiger partial charge in [-0.05, 0) is 42.3 Å². The topological polar surface area (TPSA) is 92.9 Å². The maximum absolute atomic E-state index is 10.6. The monoisotopic (exact) mass is 416 g/mol. The number of pyridine rings is 1. The van der Waals surface area contributed by atoms with Crippen molar-refractivity contribution >= 4 is 38.9 Å². The molecule has 0 saturated heterocycles. The summed E-state index contributed by atoms with van der Waals surface area (Å²) in [4.78, 5) is 10.1. The molecule has 0 aliphatic carbocycles. The molecule has 0 bridgehead atoms. The summed E-state index contributed by atoms with van der Waals surface area (Å²) in [5.41, 5.74) is 6.10. The van der Waals surface area contributed by atoms with Gasteiger partial charge in [-0.1, -0.05) is 26.8 Å². The molecule has 1 unspecified atom stereocenters. The lowest BCUT2D eigenvalue weighted by Gasteiger charge is -2.37. The minimum atomic E-state index is -0.446. The van der Waals surface area contributed by atoms with Crippen LogP contribution in [0.15, 0.2) is 48.8 Å². The summed E-state index contributed by atoms with van der Waals surface area (Å²) in [5, 5.41) is 23.3. The van der Waals surface area contributed by atoms with Crippen LogP contribution in [0.25, 0.3) is 27.5 Å². The highest BCUT2D eigenvalue weighted by atomic mass is 16.3. The number of rotatable bonds is 4. The molecule has 7 heteroatoms. The van der Waals surface area contributed by atoms with Gasteiger partial charge in [-0.2, -0.15) is 5.10 Å². The van der Waals surface area contributed by atoms with Gasteiger partial charge in [-0.15, -0.1) is 0 Å². The molecule has 1 aromatic carbocycles. The third kappa shape index (κ3) is 3.82. The van der Waals surface area contributed by atoms with Gasteiger partial charge >= 0.3 is 0 Å². The van der Waals surface area contributed by atoms with Crippen molar-refractivity contribution in [1.29, 1.82) is 0 Å². The van der Waals surface area contributed by atoms with Gasteiger partial charge in [0.25, 0.3) is 0 Å². The van der Waals surface area contributed by atoms with Gasteiger partial charge in [-0.25, -0.2) is 4.98 Å². The molecule has 0 saturated carbocycles. The molecule has 4 aromatic rings. The van der Waals surface area contributed by atoms with Crippen LogP contribution in [0.2, 0.25) is 0 Å². The zero-order chi connectivity index (χ0) is 21.6. The van der Waals surface area contributed by atoms with Gasteiger partial charge in [-0.3, -0.25) is 10.00 Å². The summed E-state index contributed by atoms with van der Waals surface area (Å²) in [6.07, 6.45) is 6.30. The summed E-state index contributed by atoms with van der Waals surface area (Å²) in [5.74, 6) is 0. The number of benzene rings is 1. The molecule has 1 atom stereocenters. The predicted molar refractivity (Wildman–Crippen MR) is 125 cm³/mol. The molecule has 4 heterocycles. The number of fused-ring (bicyclic) bond motifs is 2. The van der Waals surface area contributed by atoms with Crippen LogP contribution < -0.4 is 5.32 Å². The van der Waals surface area contributed by atoms with Gasteiger partial charge in [0.15, 0.2) is 0 Å². The second-order valence-corrected chi connectivity index (χ2v) is 9.31. The minimum Gasteiger partial charge on any atom is -0.378 e. The normalized spacial score (nSPS) is 16.6. The van der Waals surface area contributed by atoms with Gasteiger partial charge < -0.3 is 15.4 Å². The van der Waals surface area contributed by atoms with Gasteiger partial charge in [0.05, 0.1) is 17.4 Å². The van der Waals surface area contributed by atoms with Gasteiger partial charge in [0.1, 0.15) is 11.9 Å². The van der Waals surface area contributed by atoms with E-state index in [1.807, 2.05) is 30.6 Å². The first kappa shape index (κ1) is 19.8. The zero-order valence-electron chi connectivity index (χ0n) is 18.1. The Kier molecular flexibility index (Phi) is 4.79. The first-order valence-electron chi connectivity index (χ1n) is 10.7. The van der Waals surface area contributed by atoms with E-state index in [4.69, 9.17) is 0 Å². The predicted octanol–water partition coefficient (Wildman–Crippen LogP) is 4.64. The fraction of sp³-hybridized carbons (Fsp3) is 0.333. The summed E-state index contributed by atoms with van der Waals surface area (Å²) in [7, 11) is 0. The van der Waals surface area contributed by atoms with E-state index in [1.54, 1.807) is 0 Å². The lowest BCUT2D eigenvalue weighted by Crippen LogP contribution is -2.45. The van der Waals surface area contributed by atoms with E-state index in [2.05, 4.69) is 69.4 Å². The number of aliphatic hydroxyl groups excluding tert-OH is 1. The molecule has 1 aliphatic heterocycles. The second-order valence-electron chi connectivity index (χ2n) is 9.31. The fourth-order valence-electron chi connectivity index (χ4n) is 4.18. The SMILES string of the molecule is CC(C)(C)C(O)N1CC=C(c2cc3c(Nc4ccc5[nH]ncc5c4)ccnc3[nH]2)CC1. The average molecular weight is 417 g/mol. The molecule has 7 nitrogen and oxygen atoms in total. The fourth-order valence-corrected chi connectivity index (χ4v) is 4.18. The number of nitrogens with one attached hydrogen (secondary N) is 3. The van der Waals surface area contributed by atoms with E-state index >= 15 is 0 Å². The Morgan fingerprint density at radius 1 is 1.19 bits per heavy atom. The van der Waals surface area contributed by atoms with Crippen LogP contribution in [0, 0.1) is 5.41 Å². The van der Waals surface area contributed by atoms with Crippen molar-refractivity contribution in [3.63, 3.8) is 0 Å². The third-order valence-corrected chi connectivity index (χ3v) is 5.96. The Balaban J connectivity index is 1.40. The number of aromatic nitrogens is 4. The molecule has 31 heavy (non-hydrogen) atoms. The Morgan fingerprint density at radius 2 is 2.06 bits per heavy atom. The zero-order valence-corrected chi connectivity index (χ0v) is 18.1.